The fourth-order valence-electron chi connectivity index (χ4n) is 11.5. The minimum absolute atomic E-state index is 0.105. The molecule has 0 amide bonds. The first-order valence-electron chi connectivity index (χ1n) is 39.4. The molecule has 0 aliphatic rings. The Bertz CT molecular complexity index is 1860. The van der Waals surface area contributed by atoms with Crippen LogP contribution in [-0.4, -0.2) is 96.7 Å². The van der Waals surface area contributed by atoms with Gasteiger partial charge in [0.05, 0.1) is 26.4 Å². The summed E-state index contributed by atoms with van der Waals surface area (Å²) < 4.78 is 68.5. The number of phosphoric ester groups is 2. The first-order valence-corrected chi connectivity index (χ1v) is 42.4. The molecule has 0 aromatic carbocycles. The average molecular weight is 1400 g/mol. The van der Waals surface area contributed by atoms with Gasteiger partial charge in [0.1, 0.15) is 19.3 Å². The molecule has 19 heteroatoms. The highest BCUT2D eigenvalue weighted by Crippen LogP contribution is 2.45. The molecule has 0 saturated heterocycles. The van der Waals surface area contributed by atoms with Crippen molar-refractivity contribution in [1.82, 2.24) is 0 Å². The molecule has 17 nitrogen and oxygen atoms in total. The van der Waals surface area contributed by atoms with E-state index in [0.717, 1.165) is 114 Å². The third kappa shape index (κ3) is 67.6. The number of hydrogen-bond acceptors (Lipinski definition) is 15. The molecule has 0 bridgehead atoms. The zero-order valence-electron chi connectivity index (χ0n) is 62.1. The van der Waals surface area contributed by atoms with E-state index < -0.39 is 97.5 Å². The number of ether oxygens (including phenoxy) is 4. The lowest BCUT2D eigenvalue weighted by molar-refractivity contribution is -0.161. The van der Waals surface area contributed by atoms with E-state index in [-0.39, 0.29) is 25.7 Å². The summed E-state index contributed by atoms with van der Waals surface area (Å²) in [6, 6.07) is 0. The summed E-state index contributed by atoms with van der Waals surface area (Å²) in [5.41, 5.74) is 0. The van der Waals surface area contributed by atoms with Gasteiger partial charge in [-0.1, -0.05) is 337 Å². The lowest BCUT2D eigenvalue weighted by Gasteiger charge is -2.21. The summed E-state index contributed by atoms with van der Waals surface area (Å²) in [4.78, 5) is 72.8. The number of carbonyl (C=O) groups is 4. The van der Waals surface area contributed by atoms with Crippen LogP contribution in [0.15, 0.2) is 0 Å². The molecule has 4 unspecified atom stereocenters. The molecule has 0 saturated carbocycles. The number of esters is 4. The molecule has 0 aromatic heterocycles. The van der Waals surface area contributed by atoms with Gasteiger partial charge in [-0.25, -0.2) is 9.13 Å². The maximum Gasteiger partial charge on any atom is 0.472 e. The predicted molar refractivity (Wildman–Crippen MR) is 386 cm³/mol. The van der Waals surface area contributed by atoms with Crippen LogP contribution >= 0.6 is 15.6 Å². The molecular weight excluding hydrogens is 1250 g/mol. The normalized spacial score (nSPS) is 14.6. The molecule has 564 valence electrons. The Balaban J connectivity index is 5.25. The topological polar surface area (TPSA) is 237 Å². The van der Waals surface area contributed by atoms with E-state index in [2.05, 4.69) is 48.5 Å². The van der Waals surface area contributed by atoms with Gasteiger partial charge >= 0.3 is 39.5 Å². The molecule has 0 heterocycles. The Morgan fingerprint density at radius 2 is 0.537 bits per heavy atom. The van der Waals surface area contributed by atoms with Crippen molar-refractivity contribution in [3.05, 3.63) is 0 Å². The Labute approximate surface area is 581 Å². The molecule has 95 heavy (non-hydrogen) atoms. The number of aliphatic hydroxyl groups is 1. The zero-order chi connectivity index (χ0) is 70.1. The Hall–Kier alpha value is -1.94. The van der Waals surface area contributed by atoms with E-state index in [1.165, 1.54) is 193 Å². The third-order valence-electron chi connectivity index (χ3n) is 18.4. The zero-order valence-corrected chi connectivity index (χ0v) is 63.9. The van der Waals surface area contributed by atoms with E-state index in [4.69, 9.17) is 37.0 Å². The van der Waals surface area contributed by atoms with Crippen LogP contribution in [-0.2, 0) is 65.4 Å². The van der Waals surface area contributed by atoms with E-state index in [1.807, 2.05) is 0 Å². The van der Waals surface area contributed by atoms with E-state index in [9.17, 15) is 43.2 Å². The average Bonchev–Trinajstić information content (AvgIpc) is 1.75. The molecule has 0 radical (unpaired) electrons. The monoisotopic (exact) mass is 1400 g/mol. The maximum absolute atomic E-state index is 13.1. The molecule has 7 atom stereocenters. The van der Waals surface area contributed by atoms with Crippen molar-refractivity contribution >= 4 is 39.5 Å². The van der Waals surface area contributed by atoms with E-state index >= 15 is 0 Å². The van der Waals surface area contributed by atoms with Crippen LogP contribution < -0.4 is 0 Å². The Morgan fingerprint density at radius 3 is 0.800 bits per heavy atom. The number of phosphoric acid groups is 2. The Kier molecular flexibility index (Phi) is 65.2. The smallest absolute Gasteiger partial charge is 0.462 e. The molecule has 0 aliphatic carbocycles. The van der Waals surface area contributed by atoms with Gasteiger partial charge in [0.2, 0.25) is 0 Å². The van der Waals surface area contributed by atoms with Crippen LogP contribution in [0.1, 0.15) is 389 Å². The first kappa shape index (κ1) is 93.1. The number of unbranched alkanes of at least 4 members (excludes halogenated alkanes) is 40. The lowest BCUT2D eigenvalue weighted by atomic mass is 9.99. The summed E-state index contributed by atoms with van der Waals surface area (Å²) >= 11 is 0. The van der Waals surface area contributed by atoms with Gasteiger partial charge in [-0.15, -0.1) is 0 Å². The third-order valence-corrected chi connectivity index (χ3v) is 20.3. The molecule has 0 aromatic rings. The molecule has 3 N–H and O–H groups in total. The fraction of sp³-hybridized carbons (Fsp3) is 0.947. The van der Waals surface area contributed by atoms with Crippen molar-refractivity contribution in [2.24, 2.45) is 17.8 Å². The van der Waals surface area contributed by atoms with Crippen molar-refractivity contribution in [3.8, 4) is 0 Å². The van der Waals surface area contributed by atoms with Crippen LogP contribution in [0, 0.1) is 17.8 Å². The van der Waals surface area contributed by atoms with Gasteiger partial charge in [-0.2, -0.15) is 0 Å². The molecule has 0 rings (SSSR count). The minimum atomic E-state index is -4.96. The maximum atomic E-state index is 13.1. The SMILES string of the molecule is CCCCCCCCCCCCCCCCC(=O)OC[C@H](COP(=O)(O)OC[C@@H](O)COP(=O)(O)OC[C@@H](COC(=O)CCCCCCCCC(C)CC)OC(=O)CCCCCCCCCCCCC(C)C)OC(=O)CCCCCCCCCCCCCCCCC(C)CC. The second-order valence-electron chi connectivity index (χ2n) is 28.4. The first-order chi connectivity index (χ1) is 45.8. The van der Waals surface area contributed by atoms with Crippen LogP contribution in [0.25, 0.3) is 0 Å². The number of aliphatic hydroxyl groups excluding tert-OH is 1. The minimum Gasteiger partial charge on any atom is -0.462 e. The van der Waals surface area contributed by atoms with Crippen LogP contribution in [0.2, 0.25) is 0 Å². The highest BCUT2D eigenvalue weighted by molar-refractivity contribution is 7.47. The fourth-order valence-corrected chi connectivity index (χ4v) is 13.1. The second-order valence-corrected chi connectivity index (χ2v) is 31.3. The van der Waals surface area contributed by atoms with Gasteiger partial charge < -0.3 is 33.8 Å². The largest absolute Gasteiger partial charge is 0.472 e. The van der Waals surface area contributed by atoms with Crippen LogP contribution in [0.5, 0.6) is 0 Å². The number of carbonyl (C=O) groups excluding carboxylic acids is 4. The summed E-state index contributed by atoms with van der Waals surface area (Å²) in [6.45, 7) is 11.9. The Morgan fingerprint density at radius 1 is 0.305 bits per heavy atom. The van der Waals surface area contributed by atoms with E-state index in [1.54, 1.807) is 0 Å². The molecular formula is C76H148O17P2. The van der Waals surface area contributed by atoms with Crippen LogP contribution in [0.3, 0.4) is 0 Å². The summed E-state index contributed by atoms with van der Waals surface area (Å²) in [5, 5.41) is 10.6. The van der Waals surface area contributed by atoms with Crippen LogP contribution in [0.4, 0.5) is 0 Å². The van der Waals surface area contributed by atoms with Gasteiger partial charge in [0.25, 0.3) is 0 Å². The van der Waals surface area contributed by atoms with Gasteiger partial charge in [-0.05, 0) is 43.4 Å². The predicted octanol–water partition coefficient (Wildman–Crippen LogP) is 22.2. The van der Waals surface area contributed by atoms with E-state index in [0.29, 0.717) is 25.7 Å². The van der Waals surface area contributed by atoms with Gasteiger partial charge in [0, 0.05) is 25.7 Å². The quantitative estimate of drug-likeness (QED) is 0.0222. The highest BCUT2D eigenvalue weighted by atomic mass is 31.2. The number of hydrogen-bond donors (Lipinski definition) is 3. The van der Waals surface area contributed by atoms with Crippen molar-refractivity contribution in [2.45, 2.75) is 407 Å². The van der Waals surface area contributed by atoms with Crippen molar-refractivity contribution in [1.29, 1.82) is 0 Å². The standard InChI is InChI=1S/C76H148O17P2/c1-8-11-12-13-14-15-16-17-21-24-30-35-43-50-57-73(78)86-63-71(92-75(80)59-52-45-36-31-25-22-19-18-20-23-29-34-41-48-55-68(6)9-2)65-90-94(82,83)88-61-70(77)62-89-95(84,85)91-66-72(64-87-74(79)58-51-44-39-38-42-49-56-69(7)10-3)93-76(81)60-53-46-37-32-27-26-28-33-40-47-54-67(4)5/h67-72,77H,8-66H2,1-7H3,(H,82,83)(H,84,85)/t68?,69?,70-,71-,72-/m1/s1. The molecule has 0 aliphatic heterocycles. The molecule has 0 spiro atoms. The van der Waals surface area contributed by atoms with Crippen molar-refractivity contribution in [2.75, 3.05) is 39.6 Å². The van der Waals surface area contributed by atoms with Gasteiger partial charge in [-0.3, -0.25) is 37.3 Å². The lowest BCUT2D eigenvalue weighted by Crippen LogP contribution is -2.30. The summed E-state index contributed by atoms with van der Waals surface area (Å²) in [6.07, 6.45) is 52.6. The molecule has 0 fully saturated rings. The summed E-state index contributed by atoms with van der Waals surface area (Å²) in [7, 11) is -9.91. The second kappa shape index (κ2) is 66.6. The van der Waals surface area contributed by atoms with Crippen molar-refractivity contribution < 1.29 is 80.2 Å². The summed E-state index contributed by atoms with van der Waals surface area (Å²) in [5.74, 6) is 0.211. The van der Waals surface area contributed by atoms with Gasteiger partial charge in [0.15, 0.2) is 12.2 Å². The van der Waals surface area contributed by atoms with Crippen molar-refractivity contribution in [3.63, 3.8) is 0 Å². The highest BCUT2D eigenvalue weighted by Gasteiger charge is 2.30. The number of rotatable bonds is 74.